The summed E-state index contributed by atoms with van der Waals surface area (Å²) >= 11 is 5.24. The number of hydrogen-bond donors (Lipinski definition) is 3. The molecule has 0 saturated heterocycles. The Kier molecular flexibility index (Phi) is 4.06. The molecule has 130 valence electrons. The monoisotopic (exact) mass is 364 g/mol. The molecule has 0 bridgehead atoms. The SMILES string of the molecule is COc1ccc2cc(C(=O)Nc3cccc(-n4cc[nH]c4=S)c3)[nH]c2c1. The number of nitrogens with zero attached hydrogens (tertiary/aromatic N) is 1. The number of amides is 1. The Hall–Kier alpha value is -3.32. The van der Waals surface area contributed by atoms with Crippen LogP contribution < -0.4 is 10.1 Å². The number of methoxy groups -OCH3 is 1. The highest BCUT2D eigenvalue weighted by molar-refractivity contribution is 7.71. The molecule has 2 aromatic carbocycles. The van der Waals surface area contributed by atoms with Crippen molar-refractivity contribution in [3.05, 3.63) is 71.4 Å². The molecule has 4 aromatic rings. The van der Waals surface area contributed by atoms with Crippen molar-refractivity contribution in [1.82, 2.24) is 14.5 Å². The zero-order valence-electron chi connectivity index (χ0n) is 13.9. The third-order valence-electron chi connectivity index (χ3n) is 4.11. The number of imidazole rings is 1. The first-order valence-electron chi connectivity index (χ1n) is 7.98. The van der Waals surface area contributed by atoms with Crippen LogP contribution in [-0.2, 0) is 0 Å². The van der Waals surface area contributed by atoms with Crippen molar-refractivity contribution >= 4 is 34.7 Å². The topological polar surface area (TPSA) is 74.8 Å². The van der Waals surface area contributed by atoms with Gasteiger partial charge in [0.25, 0.3) is 5.91 Å². The van der Waals surface area contributed by atoms with Crippen molar-refractivity contribution in [3.63, 3.8) is 0 Å². The second-order valence-corrected chi connectivity index (χ2v) is 6.16. The first-order chi connectivity index (χ1) is 12.6. The van der Waals surface area contributed by atoms with Crippen molar-refractivity contribution in [2.45, 2.75) is 0 Å². The fourth-order valence-electron chi connectivity index (χ4n) is 2.81. The minimum absolute atomic E-state index is 0.213. The van der Waals surface area contributed by atoms with Gasteiger partial charge in [-0.05, 0) is 48.6 Å². The molecule has 0 saturated carbocycles. The number of hydrogen-bond acceptors (Lipinski definition) is 3. The summed E-state index contributed by atoms with van der Waals surface area (Å²) in [6.07, 6.45) is 3.61. The molecule has 6 nitrogen and oxygen atoms in total. The van der Waals surface area contributed by atoms with Gasteiger partial charge in [-0.15, -0.1) is 0 Å². The van der Waals surface area contributed by atoms with Gasteiger partial charge in [-0.3, -0.25) is 9.36 Å². The number of carbonyl (C=O) groups excluding carboxylic acids is 1. The number of H-pyrrole nitrogens is 2. The summed E-state index contributed by atoms with van der Waals surface area (Å²) in [5, 5.41) is 3.86. The van der Waals surface area contributed by atoms with Crippen LogP contribution in [-0.4, -0.2) is 27.6 Å². The quantitative estimate of drug-likeness (QED) is 0.473. The average molecular weight is 364 g/mol. The number of anilines is 1. The molecular weight excluding hydrogens is 348 g/mol. The van der Waals surface area contributed by atoms with E-state index in [1.807, 2.05) is 59.3 Å². The lowest BCUT2D eigenvalue weighted by atomic mass is 10.2. The maximum Gasteiger partial charge on any atom is 0.272 e. The Morgan fingerprint density at radius 1 is 1.19 bits per heavy atom. The van der Waals surface area contributed by atoms with Gasteiger partial charge in [0.2, 0.25) is 0 Å². The second-order valence-electron chi connectivity index (χ2n) is 5.78. The van der Waals surface area contributed by atoms with Gasteiger partial charge in [-0.2, -0.15) is 0 Å². The van der Waals surface area contributed by atoms with Crippen LogP contribution in [0.3, 0.4) is 0 Å². The first-order valence-corrected chi connectivity index (χ1v) is 8.39. The van der Waals surface area contributed by atoms with Gasteiger partial charge in [0, 0.05) is 40.7 Å². The molecule has 26 heavy (non-hydrogen) atoms. The highest BCUT2D eigenvalue weighted by Crippen LogP contribution is 2.22. The van der Waals surface area contributed by atoms with Crippen molar-refractivity contribution in [3.8, 4) is 11.4 Å². The van der Waals surface area contributed by atoms with Gasteiger partial charge >= 0.3 is 0 Å². The van der Waals surface area contributed by atoms with E-state index >= 15 is 0 Å². The molecule has 2 heterocycles. The van der Waals surface area contributed by atoms with Crippen LogP contribution in [0, 0.1) is 4.77 Å². The summed E-state index contributed by atoms with van der Waals surface area (Å²) < 4.78 is 7.64. The number of aromatic nitrogens is 3. The number of fused-ring (bicyclic) bond motifs is 1. The largest absolute Gasteiger partial charge is 0.497 e. The van der Waals surface area contributed by atoms with Crippen molar-refractivity contribution in [2.75, 3.05) is 12.4 Å². The Morgan fingerprint density at radius 2 is 2.08 bits per heavy atom. The van der Waals surface area contributed by atoms with Gasteiger partial charge in [-0.1, -0.05) is 6.07 Å². The maximum atomic E-state index is 12.6. The van der Waals surface area contributed by atoms with E-state index in [1.165, 1.54) is 0 Å². The lowest BCUT2D eigenvalue weighted by Gasteiger charge is -2.07. The minimum atomic E-state index is -0.213. The predicted octanol–water partition coefficient (Wildman–Crippen LogP) is 4.28. The second kappa shape index (κ2) is 6.53. The van der Waals surface area contributed by atoms with E-state index in [0.29, 0.717) is 16.2 Å². The molecule has 2 aromatic heterocycles. The van der Waals surface area contributed by atoms with Crippen LogP contribution in [0.4, 0.5) is 5.69 Å². The number of carbonyl (C=O) groups is 1. The molecule has 0 aliphatic rings. The molecule has 7 heteroatoms. The molecule has 0 radical (unpaired) electrons. The third kappa shape index (κ3) is 3.00. The summed E-state index contributed by atoms with van der Waals surface area (Å²) in [4.78, 5) is 18.7. The van der Waals surface area contributed by atoms with Gasteiger partial charge in [0.1, 0.15) is 11.4 Å². The van der Waals surface area contributed by atoms with E-state index in [4.69, 9.17) is 17.0 Å². The summed E-state index contributed by atoms with van der Waals surface area (Å²) in [6.45, 7) is 0. The van der Waals surface area contributed by atoms with Crippen LogP contribution in [0.1, 0.15) is 10.5 Å². The van der Waals surface area contributed by atoms with Gasteiger partial charge in [0.15, 0.2) is 4.77 Å². The molecule has 0 aliphatic carbocycles. The fraction of sp³-hybridized carbons (Fsp3) is 0.0526. The van der Waals surface area contributed by atoms with E-state index in [-0.39, 0.29) is 5.91 Å². The number of ether oxygens (including phenoxy) is 1. The summed E-state index contributed by atoms with van der Waals surface area (Å²) in [5.41, 5.74) is 2.89. The van der Waals surface area contributed by atoms with Crippen molar-refractivity contribution in [2.24, 2.45) is 0 Å². The number of aromatic amines is 2. The summed E-state index contributed by atoms with van der Waals surface area (Å²) in [6, 6.07) is 15.0. The van der Waals surface area contributed by atoms with E-state index < -0.39 is 0 Å². The van der Waals surface area contributed by atoms with E-state index in [2.05, 4.69) is 15.3 Å². The lowest BCUT2D eigenvalue weighted by Crippen LogP contribution is -2.12. The van der Waals surface area contributed by atoms with Crippen LogP contribution in [0.5, 0.6) is 5.75 Å². The van der Waals surface area contributed by atoms with Crippen molar-refractivity contribution in [1.29, 1.82) is 0 Å². The zero-order chi connectivity index (χ0) is 18.1. The highest BCUT2D eigenvalue weighted by Gasteiger charge is 2.11. The van der Waals surface area contributed by atoms with Gasteiger partial charge in [0.05, 0.1) is 7.11 Å². The number of benzene rings is 2. The fourth-order valence-corrected chi connectivity index (χ4v) is 3.05. The molecule has 0 atom stereocenters. The Bertz CT molecular complexity index is 1160. The van der Waals surface area contributed by atoms with Crippen LogP contribution >= 0.6 is 12.2 Å². The molecule has 0 aliphatic heterocycles. The maximum absolute atomic E-state index is 12.6. The van der Waals surface area contributed by atoms with E-state index in [0.717, 1.165) is 22.3 Å². The Labute approximate surface area is 154 Å². The lowest BCUT2D eigenvalue weighted by molar-refractivity contribution is 0.102. The minimum Gasteiger partial charge on any atom is -0.497 e. The standard InChI is InChI=1S/C19H16N4O2S/c1-25-15-6-5-12-9-17(22-16(12)11-15)18(24)21-13-3-2-4-14(10-13)23-8-7-20-19(23)26/h2-11,22H,1H3,(H,20,26)(H,21,24). The Balaban J connectivity index is 1.60. The van der Waals surface area contributed by atoms with E-state index in [1.54, 1.807) is 13.3 Å². The van der Waals surface area contributed by atoms with Crippen LogP contribution in [0.25, 0.3) is 16.6 Å². The average Bonchev–Trinajstić information content (AvgIpc) is 3.27. The predicted molar refractivity (Wildman–Crippen MR) is 104 cm³/mol. The molecule has 4 rings (SSSR count). The molecule has 0 fully saturated rings. The Morgan fingerprint density at radius 3 is 2.85 bits per heavy atom. The zero-order valence-corrected chi connectivity index (χ0v) is 14.8. The van der Waals surface area contributed by atoms with E-state index in [9.17, 15) is 4.79 Å². The molecular formula is C19H16N4O2S. The third-order valence-corrected chi connectivity index (χ3v) is 4.42. The number of nitrogens with one attached hydrogen (secondary N) is 3. The summed E-state index contributed by atoms with van der Waals surface area (Å²) in [7, 11) is 1.61. The molecule has 0 unspecified atom stereocenters. The van der Waals surface area contributed by atoms with Crippen LogP contribution in [0.2, 0.25) is 0 Å². The smallest absolute Gasteiger partial charge is 0.272 e. The number of rotatable bonds is 4. The highest BCUT2D eigenvalue weighted by atomic mass is 32.1. The van der Waals surface area contributed by atoms with Gasteiger partial charge < -0.3 is 20.0 Å². The first kappa shape index (κ1) is 16.2. The molecule has 3 N–H and O–H groups in total. The van der Waals surface area contributed by atoms with Crippen LogP contribution in [0.15, 0.2) is 60.9 Å². The van der Waals surface area contributed by atoms with Gasteiger partial charge in [-0.25, -0.2) is 0 Å². The normalized spacial score (nSPS) is 10.8. The molecule has 0 spiro atoms. The summed E-state index contributed by atoms with van der Waals surface area (Å²) in [5.74, 6) is 0.525. The van der Waals surface area contributed by atoms with Crippen molar-refractivity contribution < 1.29 is 9.53 Å². The molecule has 1 amide bonds.